The second kappa shape index (κ2) is 9.64. The van der Waals surface area contributed by atoms with Crippen LogP contribution in [0.25, 0.3) is 44.7 Å². The normalized spacial score (nSPS) is 13.7. The van der Waals surface area contributed by atoms with E-state index in [-0.39, 0.29) is 5.91 Å². The van der Waals surface area contributed by atoms with Gasteiger partial charge in [-0.15, -0.1) is 0 Å². The fourth-order valence-corrected chi connectivity index (χ4v) is 5.10. The van der Waals surface area contributed by atoms with Gasteiger partial charge in [0.1, 0.15) is 11.2 Å². The molecule has 192 valence electrons. The van der Waals surface area contributed by atoms with Crippen molar-refractivity contribution < 1.29 is 4.79 Å². The van der Waals surface area contributed by atoms with E-state index >= 15 is 0 Å². The van der Waals surface area contributed by atoms with Crippen LogP contribution in [-0.4, -0.2) is 54.1 Å². The minimum absolute atomic E-state index is 0.191. The first kappa shape index (κ1) is 23.0. The third kappa shape index (κ3) is 4.35. The minimum atomic E-state index is -0.191. The average molecular weight is 516 g/mol. The van der Waals surface area contributed by atoms with Gasteiger partial charge in [-0.05, 0) is 43.5 Å². The van der Waals surface area contributed by atoms with Crippen molar-refractivity contribution in [2.24, 2.45) is 0 Å². The zero-order chi connectivity index (χ0) is 26.2. The van der Waals surface area contributed by atoms with Gasteiger partial charge in [0.05, 0.1) is 40.9 Å². The van der Waals surface area contributed by atoms with Gasteiger partial charge in [-0.2, -0.15) is 5.10 Å². The molecule has 1 saturated heterocycles. The van der Waals surface area contributed by atoms with E-state index in [0.29, 0.717) is 22.7 Å². The van der Waals surface area contributed by atoms with E-state index in [2.05, 4.69) is 40.3 Å². The van der Waals surface area contributed by atoms with E-state index in [1.165, 1.54) is 19.3 Å². The van der Waals surface area contributed by atoms with Crippen LogP contribution >= 0.6 is 0 Å². The number of rotatable bonds is 5. The molecule has 1 fully saturated rings. The maximum Gasteiger partial charge on any atom is 0.255 e. The van der Waals surface area contributed by atoms with E-state index in [1.54, 1.807) is 30.7 Å². The average Bonchev–Trinajstić information content (AvgIpc) is 3.62. The number of carbonyl (C=O) groups is 1. The number of nitrogens with one attached hydrogen (secondary N) is 3. The van der Waals surface area contributed by atoms with Gasteiger partial charge in [-0.1, -0.05) is 18.2 Å². The second-order valence-electron chi connectivity index (χ2n) is 9.66. The first-order chi connectivity index (χ1) is 19.2. The van der Waals surface area contributed by atoms with Gasteiger partial charge < -0.3 is 15.2 Å². The SMILES string of the molecule is O=C(Nc1cncc(-c2cnc3n[nH]c(-c4nc5c(N6CCCCC6)cncc5[nH]4)c3c2)c1)c1ccccc1. The van der Waals surface area contributed by atoms with Gasteiger partial charge >= 0.3 is 0 Å². The molecule has 0 aliphatic carbocycles. The van der Waals surface area contributed by atoms with Crippen LogP contribution in [0, 0.1) is 0 Å². The highest BCUT2D eigenvalue weighted by Crippen LogP contribution is 2.32. The summed E-state index contributed by atoms with van der Waals surface area (Å²) in [6.07, 6.45) is 12.5. The van der Waals surface area contributed by atoms with Crippen molar-refractivity contribution in [1.29, 1.82) is 0 Å². The van der Waals surface area contributed by atoms with Crippen molar-refractivity contribution in [3.63, 3.8) is 0 Å². The van der Waals surface area contributed by atoms with Crippen molar-refractivity contribution in [3.8, 4) is 22.6 Å². The molecule has 0 bridgehead atoms. The van der Waals surface area contributed by atoms with E-state index in [1.807, 2.05) is 42.7 Å². The Balaban J connectivity index is 1.22. The predicted molar refractivity (Wildman–Crippen MR) is 150 cm³/mol. The van der Waals surface area contributed by atoms with Crippen LogP contribution in [-0.2, 0) is 0 Å². The molecule has 1 aliphatic heterocycles. The fraction of sp³-hybridized carbons (Fsp3) is 0.172. The Morgan fingerprint density at radius 2 is 1.72 bits per heavy atom. The van der Waals surface area contributed by atoms with Crippen molar-refractivity contribution in [1.82, 2.24) is 35.1 Å². The number of pyridine rings is 3. The van der Waals surface area contributed by atoms with Crippen LogP contribution in [0.3, 0.4) is 0 Å². The summed E-state index contributed by atoms with van der Waals surface area (Å²) in [5.41, 5.74) is 7.03. The Hall–Kier alpha value is -5.12. The Labute approximate surface area is 223 Å². The number of hydrogen-bond donors (Lipinski definition) is 3. The number of anilines is 2. The summed E-state index contributed by atoms with van der Waals surface area (Å²) in [6, 6.07) is 13.0. The molecule has 7 rings (SSSR count). The first-order valence-electron chi connectivity index (χ1n) is 13.0. The zero-order valence-electron chi connectivity index (χ0n) is 21.1. The molecule has 0 radical (unpaired) electrons. The Kier molecular flexibility index (Phi) is 5.69. The first-order valence-corrected chi connectivity index (χ1v) is 13.0. The number of nitrogens with zero attached hydrogens (tertiary/aromatic N) is 6. The maximum atomic E-state index is 12.6. The lowest BCUT2D eigenvalue weighted by atomic mass is 10.1. The van der Waals surface area contributed by atoms with Crippen LogP contribution in [0.15, 0.2) is 73.4 Å². The van der Waals surface area contributed by atoms with E-state index < -0.39 is 0 Å². The number of hydrogen-bond acceptors (Lipinski definition) is 7. The predicted octanol–water partition coefficient (Wildman–Crippen LogP) is 5.20. The van der Waals surface area contributed by atoms with Crippen LogP contribution in [0.2, 0.25) is 0 Å². The van der Waals surface area contributed by atoms with Crippen molar-refractivity contribution in [2.45, 2.75) is 19.3 Å². The molecule has 0 saturated carbocycles. The van der Waals surface area contributed by atoms with Crippen molar-refractivity contribution in [2.75, 3.05) is 23.3 Å². The van der Waals surface area contributed by atoms with Crippen molar-refractivity contribution >= 4 is 39.3 Å². The maximum absolute atomic E-state index is 12.6. The number of H-pyrrole nitrogens is 2. The number of aromatic nitrogens is 7. The standard InChI is InChI=1S/C29H25N9O/c39-29(18-7-3-1-4-8-18)33-21-11-19(13-30-15-21)20-12-22-25(36-37-27(22)32-14-20)28-34-23-16-31-17-24(26(23)35-28)38-9-5-2-6-10-38/h1,3-4,7-8,11-17H,2,5-6,9-10H2,(H,33,39)(H,34,35)(H,32,36,37). The summed E-state index contributed by atoms with van der Waals surface area (Å²) in [5.74, 6) is 0.489. The zero-order valence-corrected chi connectivity index (χ0v) is 21.1. The molecule has 0 atom stereocenters. The number of carbonyl (C=O) groups excluding carboxylic acids is 1. The molecule has 0 unspecified atom stereocenters. The van der Waals surface area contributed by atoms with Crippen LogP contribution in [0.5, 0.6) is 0 Å². The summed E-state index contributed by atoms with van der Waals surface area (Å²) in [4.78, 5) is 36.7. The van der Waals surface area contributed by atoms with Crippen LogP contribution < -0.4 is 10.2 Å². The molecule has 1 amide bonds. The summed E-state index contributed by atoms with van der Waals surface area (Å²) in [7, 11) is 0. The third-order valence-corrected chi connectivity index (χ3v) is 7.08. The Morgan fingerprint density at radius 3 is 2.59 bits per heavy atom. The van der Waals surface area contributed by atoms with Gasteiger partial charge in [0, 0.05) is 42.2 Å². The number of piperidine rings is 1. The molecule has 5 aromatic heterocycles. The molecule has 1 aliphatic rings. The third-order valence-electron chi connectivity index (χ3n) is 7.08. The van der Waals surface area contributed by atoms with Gasteiger partial charge in [0.25, 0.3) is 5.91 Å². The number of benzene rings is 1. The number of amides is 1. The van der Waals surface area contributed by atoms with Crippen LogP contribution in [0.1, 0.15) is 29.6 Å². The highest BCUT2D eigenvalue weighted by Gasteiger charge is 2.19. The highest BCUT2D eigenvalue weighted by atomic mass is 16.1. The van der Waals surface area contributed by atoms with Gasteiger partial charge in [-0.25, -0.2) is 9.97 Å². The summed E-state index contributed by atoms with van der Waals surface area (Å²) in [6.45, 7) is 2.03. The van der Waals surface area contributed by atoms with Gasteiger partial charge in [0.2, 0.25) is 0 Å². The monoisotopic (exact) mass is 515 g/mol. The molecule has 3 N–H and O–H groups in total. The molecule has 10 nitrogen and oxygen atoms in total. The number of imidazole rings is 1. The lowest BCUT2D eigenvalue weighted by Crippen LogP contribution is -2.29. The lowest BCUT2D eigenvalue weighted by molar-refractivity contribution is 0.102. The Bertz CT molecular complexity index is 1800. The Morgan fingerprint density at radius 1 is 0.897 bits per heavy atom. The molecule has 1 aromatic carbocycles. The fourth-order valence-electron chi connectivity index (χ4n) is 5.10. The molecular formula is C29H25N9O. The van der Waals surface area contributed by atoms with E-state index in [0.717, 1.165) is 52.0 Å². The molecule has 39 heavy (non-hydrogen) atoms. The lowest BCUT2D eigenvalue weighted by Gasteiger charge is -2.28. The van der Waals surface area contributed by atoms with Crippen molar-refractivity contribution in [3.05, 3.63) is 79.0 Å². The van der Waals surface area contributed by atoms with Gasteiger partial charge in [0.15, 0.2) is 11.5 Å². The molecule has 6 aromatic rings. The van der Waals surface area contributed by atoms with E-state index in [9.17, 15) is 4.79 Å². The summed E-state index contributed by atoms with van der Waals surface area (Å²) < 4.78 is 0. The largest absolute Gasteiger partial charge is 0.368 e. The minimum Gasteiger partial charge on any atom is -0.368 e. The second-order valence-corrected chi connectivity index (χ2v) is 9.66. The smallest absolute Gasteiger partial charge is 0.255 e. The molecule has 10 heteroatoms. The highest BCUT2D eigenvalue weighted by molar-refractivity contribution is 6.04. The van der Waals surface area contributed by atoms with E-state index in [4.69, 9.17) is 4.98 Å². The van der Waals surface area contributed by atoms with Gasteiger partial charge in [-0.3, -0.25) is 19.9 Å². The quantitative estimate of drug-likeness (QED) is 0.288. The number of fused-ring (bicyclic) bond motifs is 2. The topological polar surface area (TPSA) is 128 Å². The number of aromatic amines is 2. The summed E-state index contributed by atoms with van der Waals surface area (Å²) in [5, 5.41) is 11.3. The molecule has 6 heterocycles. The molecular weight excluding hydrogens is 490 g/mol. The van der Waals surface area contributed by atoms with Crippen LogP contribution in [0.4, 0.5) is 11.4 Å². The summed E-state index contributed by atoms with van der Waals surface area (Å²) >= 11 is 0. The molecule has 0 spiro atoms.